The highest BCUT2D eigenvalue weighted by Crippen LogP contribution is 2.24. The van der Waals surface area contributed by atoms with Gasteiger partial charge in [0.25, 0.3) is 0 Å². The fraction of sp³-hybridized carbons (Fsp3) is 0.111. The van der Waals surface area contributed by atoms with Crippen LogP contribution in [0, 0.1) is 0 Å². The van der Waals surface area contributed by atoms with E-state index in [4.69, 9.17) is 5.11 Å². The molecule has 2 aromatic rings. The summed E-state index contributed by atoms with van der Waals surface area (Å²) in [5, 5.41) is 14.0. The number of thioether (sulfide) groups is 1. The molecule has 1 fully saturated rings. The van der Waals surface area contributed by atoms with Crippen molar-refractivity contribution in [2.24, 2.45) is 4.99 Å². The number of carboxylic acids is 1. The number of amides is 2. The van der Waals surface area contributed by atoms with Gasteiger partial charge in [-0.3, -0.25) is 9.59 Å². The first-order valence-electron chi connectivity index (χ1n) is 7.76. The maximum absolute atomic E-state index is 12.4. The minimum absolute atomic E-state index is 0.0392. The standard InChI is InChI=1S/C18H15N3O4S/c22-15-10-14(26-18(21-15)20-12-4-2-1-3-5-12)16(23)19-13-8-6-11(7-9-13)17(24)25/h1-9,14H,10H2,(H,19,23)(H,24,25)(H,20,21,22)/t14-/m1/s1. The SMILES string of the molecule is O=C1C[C@H](C(=O)Nc2ccc(C(=O)O)cc2)SC(=Nc2ccccc2)N1. The lowest BCUT2D eigenvalue weighted by Crippen LogP contribution is -2.41. The Morgan fingerprint density at radius 3 is 2.46 bits per heavy atom. The monoisotopic (exact) mass is 369 g/mol. The fourth-order valence-electron chi connectivity index (χ4n) is 2.28. The van der Waals surface area contributed by atoms with Gasteiger partial charge in [0.1, 0.15) is 5.25 Å². The largest absolute Gasteiger partial charge is 0.478 e. The van der Waals surface area contributed by atoms with Crippen LogP contribution in [0.5, 0.6) is 0 Å². The van der Waals surface area contributed by atoms with E-state index in [1.807, 2.05) is 18.2 Å². The first-order chi connectivity index (χ1) is 12.5. The molecule has 7 nitrogen and oxygen atoms in total. The van der Waals surface area contributed by atoms with Gasteiger partial charge < -0.3 is 15.7 Å². The highest BCUT2D eigenvalue weighted by Gasteiger charge is 2.30. The minimum atomic E-state index is -1.04. The number of nitrogens with one attached hydrogen (secondary N) is 2. The third kappa shape index (κ3) is 4.48. The van der Waals surface area contributed by atoms with E-state index < -0.39 is 11.2 Å². The average Bonchev–Trinajstić information content (AvgIpc) is 2.62. The number of carbonyl (C=O) groups excluding carboxylic acids is 2. The van der Waals surface area contributed by atoms with Crippen LogP contribution in [-0.2, 0) is 9.59 Å². The molecule has 0 spiro atoms. The second-order valence-corrected chi connectivity index (χ2v) is 6.67. The molecule has 26 heavy (non-hydrogen) atoms. The zero-order chi connectivity index (χ0) is 18.5. The molecule has 1 atom stereocenters. The Hall–Kier alpha value is -3.13. The van der Waals surface area contributed by atoms with Crippen LogP contribution in [0.3, 0.4) is 0 Å². The number of para-hydroxylation sites is 1. The van der Waals surface area contributed by atoms with Gasteiger partial charge in [-0.05, 0) is 36.4 Å². The highest BCUT2D eigenvalue weighted by atomic mass is 32.2. The van der Waals surface area contributed by atoms with Crippen LogP contribution in [0.1, 0.15) is 16.8 Å². The summed E-state index contributed by atoms with van der Waals surface area (Å²) in [5.41, 5.74) is 1.28. The molecule has 0 aromatic heterocycles. The first kappa shape index (κ1) is 17.7. The number of benzene rings is 2. The van der Waals surface area contributed by atoms with E-state index in [0.29, 0.717) is 16.5 Å². The molecule has 1 aliphatic heterocycles. The summed E-state index contributed by atoms with van der Waals surface area (Å²) in [5.74, 6) is -1.65. The van der Waals surface area contributed by atoms with Gasteiger partial charge in [-0.25, -0.2) is 9.79 Å². The number of carboxylic acid groups (broad SMARTS) is 1. The topological polar surface area (TPSA) is 108 Å². The van der Waals surface area contributed by atoms with Crippen molar-refractivity contribution < 1.29 is 19.5 Å². The third-order valence-electron chi connectivity index (χ3n) is 3.55. The number of hydrogen-bond donors (Lipinski definition) is 3. The van der Waals surface area contributed by atoms with Crippen molar-refractivity contribution in [3.63, 3.8) is 0 Å². The predicted octanol–water partition coefficient (Wildman–Crippen LogP) is 2.63. The third-order valence-corrected chi connectivity index (χ3v) is 4.63. The van der Waals surface area contributed by atoms with Gasteiger partial charge in [-0.2, -0.15) is 0 Å². The van der Waals surface area contributed by atoms with Gasteiger partial charge in [-0.15, -0.1) is 0 Å². The Kier molecular flexibility index (Phi) is 5.33. The maximum Gasteiger partial charge on any atom is 0.335 e. The second kappa shape index (κ2) is 7.83. The van der Waals surface area contributed by atoms with Crippen LogP contribution in [-0.4, -0.2) is 33.3 Å². The van der Waals surface area contributed by atoms with Crippen molar-refractivity contribution in [2.45, 2.75) is 11.7 Å². The Balaban J connectivity index is 1.69. The summed E-state index contributed by atoms with van der Waals surface area (Å²) < 4.78 is 0. The number of aliphatic imine (C=N–C) groups is 1. The Labute approximate surface area is 153 Å². The fourth-order valence-corrected chi connectivity index (χ4v) is 3.28. The van der Waals surface area contributed by atoms with Crippen molar-refractivity contribution in [3.05, 3.63) is 60.2 Å². The Morgan fingerprint density at radius 2 is 1.81 bits per heavy atom. The molecule has 1 aliphatic rings. The molecule has 0 saturated carbocycles. The quantitative estimate of drug-likeness (QED) is 0.768. The van der Waals surface area contributed by atoms with Crippen molar-refractivity contribution in [1.82, 2.24) is 5.32 Å². The molecule has 1 heterocycles. The van der Waals surface area contributed by atoms with Crippen molar-refractivity contribution in [3.8, 4) is 0 Å². The van der Waals surface area contributed by atoms with Crippen molar-refractivity contribution in [2.75, 3.05) is 5.32 Å². The van der Waals surface area contributed by atoms with Crippen LogP contribution in [0.2, 0.25) is 0 Å². The van der Waals surface area contributed by atoms with Crippen LogP contribution in [0.15, 0.2) is 59.6 Å². The van der Waals surface area contributed by atoms with Crippen molar-refractivity contribution >= 4 is 46.1 Å². The summed E-state index contributed by atoms with van der Waals surface area (Å²) in [6.07, 6.45) is 0.0392. The molecule has 3 rings (SSSR count). The summed E-state index contributed by atoms with van der Waals surface area (Å²) in [6, 6.07) is 15.0. The lowest BCUT2D eigenvalue weighted by molar-refractivity contribution is -0.123. The number of rotatable bonds is 4. The lowest BCUT2D eigenvalue weighted by atomic mass is 10.2. The molecular formula is C18H15N3O4S. The van der Waals surface area contributed by atoms with E-state index in [0.717, 1.165) is 0 Å². The Bertz CT molecular complexity index is 866. The van der Waals surface area contributed by atoms with E-state index in [1.165, 1.54) is 36.0 Å². The molecule has 0 bridgehead atoms. The van der Waals surface area contributed by atoms with Crippen LogP contribution < -0.4 is 10.6 Å². The molecule has 0 unspecified atom stereocenters. The zero-order valence-corrected chi connectivity index (χ0v) is 14.3. The maximum atomic E-state index is 12.4. The van der Waals surface area contributed by atoms with Gasteiger partial charge in [0.2, 0.25) is 11.8 Å². The molecule has 2 aromatic carbocycles. The van der Waals surface area contributed by atoms with Gasteiger partial charge in [-0.1, -0.05) is 30.0 Å². The second-order valence-electron chi connectivity index (χ2n) is 5.48. The number of carbonyl (C=O) groups is 3. The summed E-state index contributed by atoms with van der Waals surface area (Å²) in [7, 11) is 0. The van der Waals surface area contributed by atoms with E-state index in [2.05, 4.69) is 15.6 Å². The molecular weight excluding hydrogens is 354 g/mol. The van der Waals surface area contributed by atoms with Crippen LogP contribution >= 0.6 is 11.8 Å². The molecule has 132 valence electrons. The van der Waals surface area contributed by atoms with Gasteiger partial charge >= 0.3 is 5.97 Å². The lowest BCUT2D eigenvalue weighted by Gasteiger charge is -2.22. The van der Waals surface area contributed by atoms with E-state index >= 15 is 0 Å². The number of aromatic carboxylic acids is 1. The van der Waals surface area contributed by atoms with E-state index in [9.17, 15) is 14.4 Å². The Morgan fingerprint density at radius 1 is 1.12 bits per heavy atom. The van der Waals surface area contributed by atoms with Crippen LogP contribution in [0.4, 0.5) is 11.4 Å². The number of anilines is 1. The van der Waals surface area contributed by atoms with Gasteiger partial charge in [0, 0.05) is 12.1 Å². The van der Waals surface area contributed by atoms with Crippen molar-refractivity contribution in [1.29, 1.82) is 0 Å². The number of hydrogen-bond acceptors (Lipinski definition) is 5. The first-order valence-corrected chi connectivity index (χ1v) is 8.64. The summed E-state index contributed by atoms with van der Waals surface area (Å²) >= 11 is 1.18. The molecule has 0 aliphatic carbocycles. The van der Waals surface area contributed by atoms with Gasteiger partial charge in [0.05, 0.1) is 11.3 Å². The summed E-state index contributed by atoms with van der Waals surface area (Å²) in [6.45, 7) is 0. The summed E-state index contributed by atoms with van der Waals surface area (Å²) in [4.78, 5) is 39.5. The highest BCUT2D eigenvalue weighted by molar-refractivity contribution is 8.15. The number of amidine groups is 1. The normalized spacial score (nSPS) is 18.2. The van der Waals surface area contributed by atoms with Gasteiger partial charge in [0.15, 0.2) is 5.17 Å². The molecule has 2 amide bonds. The molecule has 0 radical (unpaired) electrons. The smallest absolute Gasteiger partial charge is 0.335 e. The molecule has 3 N–H and O–H groups in total. The predicted molar refractivity (Wildman–Crippen MR) is 99.7 cm³/mol. The average molecular weight is 369 g/mol. The molecule has 8 heteroatoms. The zero-order valence-electron chi connectivity index (χ0n) is 13.5. The number of nitrogens with zero attached hydrogens (tertiary/aromatic N) is 1. The van der Waals surface area contributed by atoms with Crippen LogP contribution in [0.25, 0.3) is 0 Å². The minimum Gasteiger partial charge on any atom is -0.478 e. The molecule has 1 saturated heterocycles. The van der Waals surface area contributed by atoms with E-state index in [-0.39, 0.29) is 23.8 Å². The van der Waals surface area contributed by atoms with E-state index in [1.54, 1.807) is 12.1 Å².